The van der Waals surface area contributed by atoms with Crippen molar-refractivity contribution in [3.63, 3.8) is 0 Å². The van der Waals surface area contributed by atoms with Gasteiger partial charge in [0.15, 0.2) is 11.6 Å². The monoisotopic (exact) mass is 353 g/mol. The molecule has 0 atom stereocenters. The van der Waals surface area contributed by atoms with Crippen LogP contribution >= 0.6 is 0 Å². The molecular formula is C18H19N5O3. The van der Waals surface area contributed by atoms with E-state index >= 15 is 0 Å². The van der Waals surface area contributed by atoms with Gasteiger partial charge in [0.1, 0.15) is 5.56 Å². The van der Waals surface area contributed by atoms with E-state index in [1.54, 1.807) is 27.1 Å². The van der Waals surface area contributed by atoms with E-state index in [0.29, 0.717) is 5.82 Å². The lowest BCUT2D eigenvalue weighted by Gasteiger charge is -2.14. The van der Waals surface area contributed by atoms with Crippen LogP contribution in [0.2, 0.25) is 0 Å². The van der Waals surface area contributed by atoms with E-state index in [-0.39, 0.29) is 18.0 Å². The first kappa shape index (κ1) is 17.4. The van der Waals surface area contributed by atoms with Gasteiger partial charge in [-0.25, -0.2) is 14.6 Å². The maximum absolute atomic E-state index is 12.2. The van der Waals surface area contributed by atoms with Crippen molar-refractivity contribution in [2.75, 3.05) is 26.0 Å². The lowest BCUT2D eigenvalue weighted by atomic mass is 10.2. The highest BCUT2D eigenvalue weighted by Gasteiger charge is 2.22. The van der Waals surface area contributed by atoms with Gasteiger partial charge in [-0.15, -0.1) is 0 Å². The average Bonchev–Trinajstić information content (AvgIpc) is 3.05. The molecule has 0 spiro atoms. The van der Waals surface area contributed by atoms with Crippen LogP contribution in [0.4, 0.5) is 10.6 Å². The molecule has 2 heterocycles. The van der Waals surface area contributed by atoms with E-state index in [2.05, 4.69) is 15.4 Å². The van der Waals surface area contributed by atoms with Crippen LogP contribution in [-0.2, 0) is 4.74 Å². The van der Waals surface area contributed by atoms with Crippen LogP contribution < -0.4 is 5.32 Å². The predicted molar refractivity (Wildman–Crippen MR) is 97.5 cm³/mol. The number of esters is 1. The van der Waals surface area contributed by atoms with E-state index in [1.165, 1.54) is 15.8 Å². The van der Waals surface area contributed by atoms with Gasteiger partial charge in [-0.05, 0) is 25.1 Å². The smallest absolute Gasteiger partial charge is 0.343 e. The molecule has 8 nitrogen and oxygen atoms in total. The topological polar surface area (TPSA) is 89.3 Å². The molecule has 0 saturated heterocycles. The van der Waals surface area contributed by atoms with Gasteiger partial charge in [-0.3, -0.25) is 5.32 Å². The maximum Gasteiger partial charge on any atom is 0.343 e. The molecule has 0 aliphatic carbocycles. The number of carbonyl (C=O) groups excluding carboxylic acids is 2. The molecule has 3 aromatic rings. The number of nitrogens with zero attached hydrogens (tertiary/aromatic N) is 4. The Hall–Kier alpha value is -3.42. The summed E-state index contributed by atoms with van der Waals surface area (Å²) in [7, 11) is 3.21. The highest BCUT2D eigenvalue weighted by atomic mass is 16.5. The summed E-state index contributed by atoms with van der Waals surface area (Å²) in [6.45, 7) is 1.94. The van der Waals surface area contributed by atoms with Gasteiger partial charge in [0, 0.05) is 19.5 Å². The number of anilines is 1. The largest absolute Gasteiger partial charge is 0.462 e. The molecule has 134 valence electrons. The molecule has 2 aromatic heterocycles. The second-order valence-electron chi connectivity index (χ2n) is 5.73. The summed E-state index contributed by atoms with van der Waals surface area (Å²) in [5.41, 5.74) is 0.945. The normalized spacial score (nSPS) is 10.6. The number of hydrogen-bond donors (Lipinski definition) is 1. The number of para-hydroxylation sites is 1. The van der Waals surface area contributed by atoms with Crippen LogP contribution in [0.15, 0.2) is 42.6 Å². The average molecular weight is 353 g/mol. The number of amides is 2. The summed E-state index contributed by atoms with van der Waals surface area (Å²) >= 11 is 0. The van der Waals surface area contributed by atoms with Crippen molar-refractivity contribution in [2.24, 2.45) is 0 Å². The zero-order valence-electron chi connectivity index (χ0n) is 14.8. The number of rotatable bonds is 4. The van der Waals surface area contributed by atoms with E-state index < -0.39 is 12.0 Å². The van der Waals surface area contributed by atoms with Gasteiger partial charge in [0.05, 0.1) is 18.3 Å². The second kappa shape index (κ2) is 7.22. The first-order valence-corrected chi connectivity index (χ1v) is 8.11. The number of urea groups is 1. The third kappa shape index (κ3) is 3.34. The predicted octanol–water partition coefficient (Wildman–Crippen LogP) is 2.69. The molecule has 8 heteroatoms. The van der Waals surface area contributed by atoms with Gasteiger partial charge in [-0.1, -0.05) is 18.2 Å². The Morgan fingerprint density at radius 1 is 1.19 bits per heavy atom. The van der Waals surface area contributed by atoms with Crippen molar-refractivity contribution < 1.29 is 14.3 Å². The standard InChI is InChI=1S/C18H19N5O3/c1-4-26-17(24)13-11-19-23(16(13)21-18(25)22(2)3)15-10-9-12-7-5-6-8-14(12)20-15/h5-11H,4H2,1-3H3,(H,21,25). The van der Waals surface area contributed by atoms with Crippen molar-refractivity contribution in [1.82, 2.24) is 19.7 Å². The summed E-state index contributed by atoms with van der Waals surface area (Å²) in [6.07, 6.45) is 1.36. The molecule has 0 aliphatic heterocycles. The molecule has 0 aliphatic rings. The lowest BCUT2D eigenvalue weighted by Crippen LogP contribution is -2.29. The molecule has 1 aromatic carbocycles. The van der Waals surface area contributed by atoms with Gasteiger partial charge in [-0.2, -0.15) is 9.78 Å². The van der Waals surface area contributed by atoms with Crippen LogP contribution in [0, 0.1) is 0 Å². The Bertz CT molecular complexity index is 964. The number of benzene rings is 1. The maximum atomic E-state index is 12.2. The van der Waals surface area contributed by atoms with E-state index in [0.717, 1.165) is 10.9 Å². The minimum Gasteiger partial charge on any atom is -0.462 e. The van der Waals surface area contributed by atoms with Crippen LogP contribution in [-0.4, -0.2) is 52.4 Å². The zero-order valence-corrected chi connectivity index (χ0v) is 14.8. The van der Waals surface area contributed by atoms with Crippen molar-refractivity contribution >= 4 is 28.7 Å². The molecule has 1 N–H and O–H groups in total. The number of hydrogen-bond acceptors (Lipinski definition) is 5. The van der Waals surface area contributed by atoms with Crippen LogP contribution in [0.25, 0.3) is 16.7 Å². The van der Waals surface area contributed by atoms with E-state index in [1.807, 2.05) is 30.3 Å². The number of fused-ring (bicyclic) bond motifs is 1. The minimum atomic E-state index is -0.561. The summed E-state index contributed by atoms with van der Waals surface area (Å²) in [6, 6.07) is 10.9. The van der Waals surface area contributed by atoms with Crippen LogP contribution in [0.3, 0.4) is 0 Å². The van der Waals surface area contributed by atoms with Crippen molar-refractivity contribution in [3.8, 4) is 5.82 Å². The molecular weight excluding hydrogens is 334 g/mol. The Morgan fingerprint density at radius 3 is 2.69 bits per heavy atom. The number of carbonyl (C=O) groups is 2. The number of ether oxygens (including phenoxy) is 1. The van der Waals surface area contributed by atoms with Gasteiger partial charge in [0.25, 0.3) is 0 Å². The summed E-state index contributed by atoms with van der Waals surface area (Å²) in [4.78, 5) is 30.3. The Labute approximate surface area is 150 Å². The van der Waals surface area contributed by atoms with E-state index in [9.17, 15) is 9.59 Å². The van der Waals surface area contributed by atoms with Crippen LogP contribution in [0.5, 0.6) is 0 Å². The van der Waals surface area contributed by atoms with Gasteiger partial charge < -0.3 is 9.64 Å². The highest BCUT2D eigenvalue weighted by Crippen LogP contribution is 2.22. The summed E-state index contributed by atoms with van der Waals surface area (Å²) in [5.74, 6) is 0.131. The Morgan fingerprint density at radius 2 is 1.96 bits per heavy atom. The first-order valence-electron chi connectivity index (χ1n) is 8.11. The molecule has 2 amide bonds. The number of nitrogens with one attached hydrogen (secondary N) is 1. The quantitative estimate of drug-likeness (QED) is 0.729. The summed E-state index contributed by atoms with van der Waals surface area (Å²) < 4.78 is 6.47. The third-order valence-electron chi connectivity index (χ3n) is 3.70. The molecule has 0 fully saturated rings. The molecule has 0 unspecified atom stereocenters. The van der Waals surface area contributed by atoms with Crippen molar-refractivity contribution in [2.45, 2.75) is 6.92 Å². The molecule has 0 bridgehead atoms. The fourth-order valence-corrected chi connectivity index (χ4v) is 2.39. The Kier molecular flexibility index (Phi) is 4.83. The SMILES string of the molecule is CCOC(=O)c1cnn(-c2ccc3ccccc3n2)c1NC(=O)N(C)C. The highest BCUT2D eigenvalue weighted by molar-refractivity contribution is 6.00. The molecule has 26 heavy (non-hydrogen) atoms. The van der Waals surface area contributed by atoms with E-state index in [4.69, 9.17) is 4.74 Å². The molecule has 3 rings (SSSR count). The fourth-order valence-electron chi connectivity index (χ4n) is 2.39. The zero-order chi connectivity index (χ0) is 18.7. The second-order valence-corrected chi connectivity index (χ2v) is 5.73. The Balaban J connectivity index is 2.09. The molecule has 0 saturated carbocycles. The molecule has 0 radical (unpaired) electrons. The van der Waals surface area contributed by atoms with Crippen LogP contribution in [0.1, 0.15) is 17.3 Å². The number of aromatic nitrogens is 3. The van der Waals surface area contributed by atoms with Gasteiger partial charge >= 0.3 is 12.0 Å². The number of pyridine rings is 1. The fraction of sp³-hybridized carbons (Fsp3) is 0.222. The van der Waals surface area contributed by atoms with Gasteiger partial charge in [0.2, 0.25) is 0 Å². The summed E-state index contributed by atoms with van der Waals surface area (Å²) in [5, 5.41) is 7.90. The van der Waals surface area contributed by atoms with Crippen molar-refractivity contribution in [3.05, 3.63) is 48.2 Å². The van der Waals surface area contributed by atoms with Crippen molar-refractivity contribution in [1.29, 1.82) is 0 Å². The lowest BCUT2D eigenvalue weighted by molar-refractivity contribution is 0.0527. The first-order chi connectivity index (χ1) is 12.5. The minimum absolute atomic E-state index is 0.164. The third-order valence-corrected chi connectivity index (χ3v) is 3.70.